The van der Waals surface area contributed by atoms with Crippen LogP contribution >= 0.6 is 0 Å². The molecule has 2 unspecified atom stereocenters. The van der Waals surface area contributed by atoms with Gasteiger partial charge in [0, 0.05) is 19.0 Å². The van der Waals surface area contributed by atoms with Gasteiger partial charge < -0.3 is 29.1 Å². The van der Waals surface area contributed by atoms with Gasteiger partial charge in [0.05, 0.1) is 25.3 Å². The molecule has 0 radical (unpaired) electrons. The third-order valence-electron chi connectivity index (χ3n) is 6.83. The Morgan fingerprint density at radius 2 is 1.89 bits per heavy atom. The highest BCUT2D eigenvalue weighted by atomic mass is 16.5. The Morgan fingerprint density at radius 3 is 2.57 bits per heavy atom. The van der Waals surface area contributed by atoms with E-state index in [2.05, 4.69) is 10.2 Å². The molecule has 1 saturated heterocycles. The van der Waals surface area contributed by atoms with Crippen LogP contribution in [-0.2, 0) is 4.79 Å². The first kappa shape index (κ1) is 26.3. The molecule has 1 fully saturated rings. The normalized spacial score (nSPS) is 16.1. The number of carbonyl (C=O) groups is 1. The summed E-state index contributed by atoms with van der Waals surface area (Å²) in [5.74, 6) is -0.386. The summed E-state index contributed by atoms with van der Waals surface area (Å²) < 4.78 is 16.7. The fraction of sp³-hybridized carbons (Fsp3) is 0.429. The molecule has 1 aromatic carbocycles. The third kappa shape index (κ3) is 6.35. The van der Waals surface area contributed by atoms with Crippen molar-refractivity contribution >= 4 is 5.91 Å². The van der Waals surface area contributed by atoms with Crippen LogP contribution in [0.15, 0.2) is 56.3 Å². The number of aryl methyl sites for hydroxylation is 1. The number of ether oxygens (including phenoxy) is 1. The Labute approximate surface area is 215 Å². The molecule has 0 saturated carbocycles. The van der Waals surface area contributed by atoms with Crippen molar-refractivity contribution < 1.29 is 28.6 Å². The summed E-state index contributed by atoms with van der Waals surface area (Å²) in [6, 6.07) is 9.48. The van der Waals surface area contributed by atoms with Crippen LogP contribution in [0.5, 0.6) is 17.2 Å². The number of furan rings is 1. The van der Waals surface area contributed by atoms with E-state index in [-0.39, 0.29) is 35.6 Å². The van der Waals surface area contributed by atoms with Gasteiger partial charge in [-0.1, -0.05) is 18.9 Å². The van der Waals surface area contributed by atoms with E-state index in [4.69, 9.17) is 13.6 Å². The minimum absolute atomic E-state index is 0.0111. The Kier molecular flexibility index (Phi) is 8.55. The van der Waals surface area contributed by atoms with E-state index < -0.39 is 17.1 Å². The first-order valence-corrected chi connectivity index (χ1v) is 12.6. The molecule has 1 amide bonds. The summed E-state index contributed by atoms with van der Waals surface area (Å²) >= 11 is 0. The number of phenols is 1. The van der Waals surface area contributed by atoms with Crippen LogP contribution in [0, 0.1) is 6.92 Å². The molecule has 3 N–H and O–H groups in total. The highest BCUT2D eigenvalue weighted by Gasteiger charge is 2.28. The Hall–Kier alpha value is -3.72. The lowest BCUT2D eigenvalue weighted by atomic mass is 9.91. The topological polar surface area (TPSA) is 125 Å². The molecule has 37 heavy (non-hydrogen) atoms. The minimum atomic E-state index is -0.789. The van der Waals surface area contributed by atoms with Crippen LogP contribution in [0.2, 0.25) is 0 Å². The standard InChI is InChI=1S/C28H34N2O7/c1-18-14-23(32)27(34)28(37-18)20(19-9-10-22(31)25(15-19)35-2)16-26(33)29-17-21(24-8-7-13-36-24)30-11-5-3-4-6-12-30/h7-10,13-15,20-21,31,34H,3-6,11-12,16-17H2,1-2H3,(H,29,33). The van der Waals surface area contributed by atoms with Crippen LogP contribution in [-0.4, -0.2) is 47.8 Å². The predicted octanol–water partition coefficient (Wildman–Crippen LogP) is 4.22. The van der Waals surface area contributed by atoms with E-state index in [0.717, 1.165) is 31.7 Å². The zero-order valence-corrected chi connectivity index (χ0v) is 21.2. The highest BCUT2D eigenvalue weighted by Crippen LogP contribution is 2.37. The average molecular weight is 511 g/mol. The lowest BCUT2D eigenvalue weighted by Gasteiger charge is -2.29. The number of hydrogen-bond donors (Lipinski definition) is 3. The second-order valence-electron chi connectivity index (χ2n) is 9.41. The third-order valence-corrected chi connectivity index (χ3v) is 6.83. The second kappa shape index (κ2) is 12.0. The number of amides is 1. The van der Waals surface area contributed by atoms with Crippen LogP contribution in [0.4, 0.5) is 0 Å². The number of carbonyl (C=O) groups excluding carboxylic acids is 1. The predicted molar refractivity (Wildman–Crippen MR) is 137 cm³/mol. The van der Waals surface area contributed by atoms with Crippen molar-refractivity contribution in [2.75, 3.05) is 26.7 Å². The maximum Gasteiger partial charge on any atom is 0.227 e. The van der Waals surface area contributed by atoms with Gasteiger partial charge in [0.25, 0.3) is 0 Å². The molecule has 9 nitrogen and oxygen atoms in total. The largest absolute Gasteiger partial charge is 0.504 e. The number of methoxy groups -OCH3 is 1. The number of aromatic hydroxyl groups is 2. The van der Waals surface area contributed by atoms with E-state index in [1.54, 1.807) is 25.3 Å². The summed E-state index contributed by atoms with van der Waals surface area (Å²) in [5.41, 5.74) is -0.0436. The molecule has 198 valence electrons. The van der Waals surface area contributed by atoms with Gasteiger partial charge in [-0.25, -0.2) is 0 Å². The molecule has 0 aliphatic carbocycles. The Bertz CT molecular complexity index is 1240. The first-order valence-electron chi connectivity index (χ1n) is 12.6. The van der Waals surface area contributed by atoms with E-state index in [0.29, 0.717) is 17.9 Å². The van der Waals surface area contributed by atoms with Crippen molar-refractivity contribution in [2.45, 2.75) is 51.0 Å². The number of rotatable bonds is 9. The number of hydrogen-bond acceptors (Lipinski definition) is 8. The maximum absolute atomic E-state index is 13.3. The van der Waals surface area contributed by atoms with Gasteiger partial charge in [-0.3, -0.25) is 14.5 Å². The smallest absolute Gasteiger partial charge is 0.227 e. The first-order chi connectivity index (χ1) is 17.9. The van der Waals surface area contributed by atoms with E-state index in [9.17, 15) is 19.8 Å². The lowest BCUT2D eigenvalue weighted by molar-refractivity contribution is -0.121. The molecule has 0 spiro atoms. The number of benzene rings is 1. The molecule has 1 aliphatic heterocycles. The van der Waals surface area contributed by atoms with Crippen molar-refractivity contribution in [3.8, 4) is 17.2 Å². The number of likely N-dealkylation sites (tertiary alicyclic amines) is 1. The molecule has 2 aromatic heterocycles. The quantitative estimate of drug-likeness (QED) is 0.391. The number of nitrogens with zero attached hydrogens (tertiary/aromatic N) is 1. The highest BCUT2D eigenvalue weighted by molar-refractivity contribution is 5.77. The molecule has 3 aromatic rings. The van der Waals surface area contributed by atoms with E-state index >= 15 is 0 Å². The van der Waals surface area contributed by atoms with Crippen molar-refractivity contribution in [3.63, 3.8) is 0 Å². The van der Waals surface area contributed by atoms with Gasteiger partial charge in [-0.15, -0.1) is 0 Å². The zero-order chi connectivity index (χ0) is 26.4. The average Bonchev–Trinajstić information content (AvgIpc) is 3.28. The minimum Gasteiger partial charge on any atom is -0.504 e. The monoisotopic (exact) mass is 510 g/mol. The molecular weight excluding hydrogens is 476 g/mol. The Balaban J connectivity index is 1.58. The van der Waals surface area contributed by atoms with Gasteiger partial charge in [0.2, 0.25) is 17.1 Å². The molecule has 3 heterocycles. The van der Waals surface area contributed by atoms with Crippen molar-refractivity contribution in [3.05, 3.63) is 75.7 Å². The van der Waals surface area contributed by atoms with Crippen LogP contribution in [0.1, 0.15) is 66.9 Å². The summed E-state index contributed by atoms with van der Waals surface area (Å²) in [6.07, 6.45) is 6.12. The van der Waals surface area contributed by atoms with Crippen molar-refractivity contribution in [1.82, 2.24) is 10.2 Å². The number of phenolic OH excluding ortho intramolecular Hbond substituents is 1. The molecule has 4 rings (SSSR count). The zero-order valence-electron chi connectivity index (χ0n) is 21.2. The summed E-state index contributed by atoms with van der Waals surface area (Å²) in [5, 5.41) is 23.6. The summed E-state index contributed by atoms with van der Waals surface area (Å²) in [7, 11) is 1.42. The molecule has 9 heteroatoms. The molecule has 2 atom stereocenters. The fourth-order valence-corrected chi connectivity index (χ4v) is 4.90. The fourth-order valence-electron chi connectivity index (χ4n) is 4.90. The lowest BCUT2D eigenvalue weighted by Crippen LogP contribution is -2.39. The molecular formula is C28H34N2O7. The summed E-state index contributed by atoms with van der Waals surface area (Å²) in [4.78, 5) is 27.9. The van der Waals surface area contributed by atoms with Gasteiger partial charge in [0.1, 0.15) is 11.5 Å². The molecule has 0 bridgehead atoms. The summed E-state index contributed by atoms with van der Waals surface area (Å²) in [6.45, 7) is 3.81. The number of nitrogens with one attached hydrogen (secondary N) is 1. The van der Waals surface area contributed by atoms with Crippen LogP contribution in [0.3, 0.4) is 0 Å². The van der Waals surface area contributed by atoms with Gasteiger partial charge in [-0.2, -0.15) is 0 Å². The van der Waals surface area contributed by atoms with Crippen molar-refractivity contribution in [2.24, 2.45) is 0 Å². The second-order valence-corrected chi connectivity index (χ2v) is 9.41. The van der Waals surface area contributed by atoms with Gasteiger partial charge in [-0.05, 0) is 62.7 Å². The van der Waals surface area contributed by atoms with E-state index in [1.165, 1.54) is 32.1 Å². The van der Waals surface area contributed by atoms with Gasteiger partial charge >= 0.3 is 0 Å². The van der Waals surface area contributed by atoms with Crippen LogP contribution < -0.4 is 15.5 Å². The Morgan fingerprint density at radius 1 is 1.14 bits per heavy atom. The van der Waals surface area contributed by atoms with E-state index in [1.807, 2.05) is 12.1 Å². The van der Waals surface area contributed by atoms with Crippen molar-refractivity contribution in [1.29, 1.82) is 0 Å². The maximum atomic E-state index is 13.3. The van der Waals surface area contributed by atoms with Gasteiger partial charge in [0.15, 0.2) is 17.3 Å². The van der Waals surface area contributed by atoms with Crippen LogP contribution in [0.25, 0.3) is 0 Å². The SMILES string of the molecule is COc1cc(C(CC(=O)NCC(c2ccco2)N2CCCCCC2)c2oc(C)cc(=O)c2O)ccc1O. The molecule has 1 aliphatic rings.